The maximum atomic E-state index is 5.85. The first-order valence-corrected chi connectivity index (χ1v) is 5.65. The predicted octanol–water partition coefficient (Wildman–Crippen LogP) is 2.23. The quantitative estimate of drug-likeness (QED) is 0.888. The lowest BCUT2D eigenvalue weighted by Crippen LogP contribution is -2.55. The summed E-state index contributed by atoms with van der Waals surface area (Å²) >= 11 is 7.59. The Labute approximate surface area is 99.7 Å². The summed E-state index contributed by atoms with van der Waals surface area (Å²) in [6.45, 7) is 3.26. The van der Waals surface area contributed by atoms with Crippen molar-refractivity contribution in [1.82, 2.24) is 10.2 Å². The number of halogens is 2. The summed E-state index contributed by atoms with van der Waals surface area (Å²) in [4.78, 5) is 3.72. The molecule has 1 saturated heterocycles. The molecule has 0 amide bonds. The number of hydrogen-bond acceptors (Lipinski definition) is 3. The van der Waals surface area contributed by atoms with Crippen molar-refractivity contribution >= 4 is 35.3 Å². The number of likely N-dealkylation sites (N-methyl/N-ethyl adjacent to an activating group) is 1. The SMILES string of the molecule is CN(Cc1cc(Cl)cs1)C1CNC1.Cl. The van der Waals surface area contributed by atoms with E-state index in [1.165, 1.54) is 4.88 Å². The summed E-state index contributed by atoms with van der Waals surface area (Å²) in [7, 11) is 2.17. The molecule has 1 fully saturated rings. The van der Waals surface area contributed by atoms with Gasteiger partial charge < -0.3 is 5.32 Å². The maximum absolute atomic E-state index is 5.85. The van der Waals surface area contributed by atoms with Crippen LogP contribution in [0.4, 0.5) is 0 Å². The third kappa shape index (κ3) is 2.84. The second kappa shape index (κ2) is 5.33. The van der Waals surface area contributed by atoms with Gasteiger partial charge in [-0.25, -0.2) is 0 Å². The van der Waals surface area contributed by atoms with Gasteiger partial charge in [-0.15, -0.1) is 23.7 Å². The van der Waals surface area contributed by atoms with E-state index in [1.54, 1.807) is 11.3 Å². The van der Waals surface area contributed by atoms with E-state index in [-0.39, 0.29) is 12.4 Å². The van der Waals surface area contributed by atoms with Gasteiger partial charge >= 0.3 is 0 Å². The maximum Gasteiger partial charge on any atom is 0.0516 e. The second-order valence-corrected chi connectivity index (χ2v) is 4.89. The number of nitrogens with one attached hydrogen (secondary N) is 1. The lowest BCUT2D eigenvalue weighted by atomic mass is 10.1. The average Bonchev–Trinajstić information content (AvgIpc) is 2.31. The topological polar surface area (TPSA) is 15.3 Å². The molecule has 1 aromatic rings. The molecule has 1 aliphatic rings. The Kier molecular flexibility index (Phi) is 4.67. The number of hydrogen-bond donors (Lipinski definition) is 1. The van der Waals surface area contributed by atoms with Gasteiger partial charge in [0.2, 0.25) is 0 Å². The van der Waals surface area contributed by atoms with Gasteiger partial charge in [-0.05, 0) is 13.1 Å². The third-order valence-corrected chi connectivity index (χ3v) is 3.68. The minimum absolute atomic E-state index is 0. The van der Waals surface area contributed by atoms with Crippen LogP contribution in [0.3, 0.4) is 0 Å². The number of thiophene rings is 1. The molecular formula is C9H14Cl2N2S. The van der Waals surface area contributed by atoms with E-state index < -0.39 is 0 Å². The van der Waals surface area contributed by atoms with Gasteiger partial charge in [-0.1, -0.05) is 11.6 Å². The molecule has 2 heterocycles. The Morgan fingerprint density at radius 3 is 2.79 bits per heavy atom. The Bertz CT molecular complexity index is 286. The molecule has 0 atom stereocenters. The molecule has 0 aliphatic carbocycles. The van der Waals surface area contributed by atoms with Crippen LogP contribution in [0, 0.1) is 0 Å². The van der Waals surface area contributed by atoms with E-state index in [0.29, 0.717) is 6.04 Å². The van der Waals surface area contributed by atoms with Crippen molar-refractivity contribution in [3.8, 4) is 0 Å². The zero-order chi connectivity index (χ0) is 9.26. The lowest BCUT2D eigenvalue weighted by Gasteiger charge is -2.35. The highest BCUT2D eigenvalue weighted by molar-refractivity contribution is 7.10. The van der Waals surface area contributed by atoms with Crippen molar-refractivity contribution in [2.24, 2.45) is 0 Å². The molecule has 2 nitrogen and oxygen atoms in total. The normalized spacial score (nSPS) is 16.5. The van der Waals surface area contributed by atoms with Crippen molar-refractivity contribution in [2.45, 2.75) is 12.6 Å². The molecule has 0 aromatic carbocycles. The Hall–Kier alpha value is 0.200. The second-order valence-electron chi connectivity index (χ2n) is 3.46. The van der Waals surface area contributed by atoms with Crippen molar-refractivity contribution < 1.29 is 0 Å². The molecule has 1 aliphatic heterocycles. The van der Waals surface area contributed by atoms with E-state index in [0.717, 1.165) is 24.7 Å². The van der Waals surface area contributed by atoms with Crippen LogP contribution in [0.5, 0.6) is 0 Å². The van der Waals surface area contributed by atoms with E-state index in [1.807, 2.05) is 5.38 Å². The van der Waals surface area contributed by atoms with Crippen LogP contribution in [0.15, 0.2) is 11.4 Å². The van der Waals surface area contributed by atoms with Crippen LogP contribution < -0.4 is 5.32 Å². The largest absolute Gasteiger partial charge is 0.314 e. The highest BCUT2D eigenvalue weighted by Gasteiger charge is 2.21. The molecule has 5 heteroatoms. The fraction of sp³-hybridized carbons (Fsp3) is 0.556. The molecule has 0 spiro atoms. The molecule has 0 saturated carbocycles. The minimum atomic E-state index is 0. The summed E-state index contributed by atoms with van der Waals surface area (Å²) in [5, 5.41) is 6.12. The van der Waals surface area contributed by atoms with Gasteiger partial charge in [0.25, 0.3) is 0 Å². The van der Waals surface area contributed by atoms with Gasteiger partial charge in [0, 0.05) is 35.9 Å². The monoisotopic (exact) mass is 252 g/mol. The summed E-state index contributed by atoms with van der Waals surface area (Å²) in [5.74, 6) is 0. The highest BCUT2D eigenvalue weighted by Crippen LogP contribution is 2.21. The van der Waals surface area contributed by atoms with Crippen LogP contribution in [0.2, 0.25) is 5.02 Å². The zero-order valence-electron chi connectivity index (χ0n) is 8.00. The first-order valence-electron chi connectivity index (χ1n) is 4.39. The fourth-order valence-corrected chi connectivity index (χ4v) is 2.53. The van der Waals surface area contributed by atoms with Crippen LogP contribution in [0.25, 0.3) is 0 Å². The van der Waals surface area contributed by atoms with Gasteiger partial charge in [0.15, 0.2) is 0 Å². The Morgan fingerprint density at radius 1 is 1.64 bits per heavy atom. The van der Waals surface area contributed by atoms with Gasteiger partial charge in [0.1, 0.15) is 0 Å². The fourth-order valence-electron chi connectivity index (χ4n) is 1.40. The van der Waals surface area contributed by atoms with Gasteiger partial charge in [-0.3, -0.25) is 4.90 Å². The first-order chi connectivity index (χ1) is 6.25. The van der Waals surface area contributed by atoms with Crippen LogP contribution in [0.1, 0.15) is 4.88 Å². The summed E-state index contributed by atoms with van der Waals surface area (Å²) < 4.78 is 0. The molecule has 0 unspecified atom stereocenters. The number of rotatable bonds is 3. The Balaban J connectivity index is 0.000000980. The van der Waals surface area contributed by atoms with E-state index in [4.69, 9.17) is 11.6 Å². The molecule has 1 N–H and O–H groups in total. The molecular weight excluding hydrogens is 239 g/mol. The predicted molar refractivity (Wildman–Crippen MR) is 64.7 cm³/mol. The minimum Gasteiger partial charge on any atom is -0.314 e. The van der Waals surface area contributed by atoms with Crippen LogP contribution >= 0.6 is 35.3 Å². The zero-order valence-corrected chi connectivity index (χ0v) is 10.4. The molecule has 80 valence electrons. The highest BCUT2D eigenvalue weighted by atomic mass is 35.5. The molecule has 1 aromatic heterocycles. The lowest BCUT2D eigenvalue weighted by molar-refractivity contribution is 0.174. The van der Waals surface area contributed by atoms with Crippen molar-refractivity contribution in [2.75, 3.05) is 20.1 Å². The Morgan fingerprint density at radius 2 is 2.36 bits per heavy atom. The molecule has 0 bridgehead atoms. The summed E-state index contributed by atoms with van der Waals surface area (Å²) in [6, 6.07) is 2.76. The van der Waals surface area contributed by atoms with Gasteiger partial charge in [0.05, 0.1) is 5.02 Å². The van der Waals surface area contributed by atoms with Crippen molar-refractivity contribution in [3.05, 3.63) is 21.3 Å². The van der Waals surface area contributed by atoms with Crippen molar-refractivity contribution in [3.63, 3.8) is 0 Å². The van der Waals surface area contributed by atoms with Gasteiger partial charge in [-0.2, -0.15) is 0 Å². The average molecular weight is 253 g/mol. The van der Waals surface area contributed by atoms with Crippen LogP contribution in [-0.2, 0) is 6.54 Å². The van der Waals surface area contributed by atoms with Crippen molar-refractivity contribution in [1.29, 1.82) is 0 Å². The van der Waals surface area contributed by atoms with E-state index >= 15 is 0 Å². The molecule has 0 radical (unpaired) electrons. The third-order valence-electron chi connectivity index (χ3n) is 2.41. The van der Waals surface area contributed by atoms with E-state index in [9.17, 15) is 0 Å². The molecule has 14 heavy (non-hydrogen) atoms. The summed E-state index contributed by atoms with van der Waals surface area (Å²) in [5.41, 5.74) is 0. The molecule has 2 rings (SSSR count). The summed E-state index contributed by atoms with van der Waals surface area (Å²) in [6.07, 6.45) is 0. The number of nitrogens with zero attached hydrogens (tertiary/aromatic N) is 1. The first kappa shape index (κ1) is 12.3. The smallest absolute Gasteiger partial charge is 0.0516 e. The van der Waals surface area contributed by atoms with E-state index in [2.05, 4.69) is 23.3 Å². The standard InChI is InChI=1S/C9H13ClN2S.ClH/c1-12(8-3-11-4-8)5-9-2-7(10)6-13-9;/h2,6,8,11H,3-5H2,1H3;1H. The van der Waals surface area contributed by atoms with Crippen LogP contribution in [-0.4, -0.2) is 31.1 Å².